The van der Waals surface area contributed by atoms with Crippen LogP contribution in [0.3, 0.4) is 0 Å². The number of carbonyl (C=O) groups excluding carboxylic acids is 2. The van der Waals surface area contributed by atoms with Crippen LogP contribution in [0, 0.1) is 0 Å². The van der Waals surface area contributed by atoms with E-state index >= 15 is 0 Å². The third-order valence-corrected chi connectivity index (χ3v) is 3.90. The summed E-state index contributed by atoms with van der Waals surface area (Å²) in [5, 5.41) is 0. The number of hydrogen-bond acceptors (Lipinski definition) is 5. The molecule has 3 rings (SSSR count). The summed E-state index contributed by atoms with van der Waals surface area (Å²) in [5.41, 5.74) is 4.47. The molecule has 3 N–H and O–H groups in total. The van der Waals surface area contributed by atoms with Gasteiger partial charge in [0.25, 0.3) is 5.91 Å². The Morgan fingerprint density at radius 3 is 2.56 bits per heavy atom. The van der Waals surface area contributed by atoms with Gasteiger partial charge in [0.1, 0.15) is 0 Å². The fourth-order valence-corrected chi connectivity index (χ4v) is 2.74. The Morgan fingerprint density at radius 1 is 1.12 bits per heavy atom. The van der Waals surface area contributed by atoms with Gasteiger partial charge in [0.2, 0.25) is 0 Å². The minimum absolute atomic E-state index is 0.0481. The molecule has 2 heterocycles. The van der Waals surface area contributed by atoms with E-state index in [0.29, 0.717) is 28.9 Å². The maximum absolute atomic E-state index is 12.6. The van der Waals surface area contributed by atoms with Crippen molar-refractivity contribution >= 4 is 17.4 Å². The number of hydrazine groups is 1. The van der Waals surface area contributed by atoms with Crippen LogP contribution in [0.2, 0.25) is 0 Å². The van der Waals surface area contributed by atoms with E-state index < -0.39 is 0 Å². The van der Waals surface area contributed by atoms with E-state index in [9.17, 15) is 9.59 Å². The molecule has 0 aliphatic carbocycles. The molecule has 1 aliphatic heterocycles. The molecular weight excluding hydrogens is 316 g/mol. The predicted molar refractivity (Wildman–Crippen MR) is 94.7 cm³/mol. The first-order valence-corrected chi connectivity index (χ1v) is 7.87. The molecule has 0 fully saturated rings. The fourth-order valence-electron chi connectivity index (χ4n) is 2.74. The van der Waals surface area contributed by atoms with Crippen molar-refractivity contribution in [1.29, 1.82) is 0 Å². The lowest BCUT2D eigenvalue weighted by Gasteiger charge is -2.28. The molecule has 0 unspecified atom stereocenters. The normalized spacial score (nSPS) is 13.7. The molecule has 25 heavy (non-hydrogen) atoms. The standard InChI is InChI=1S/C19H18N4O2/c20-22-19(25)15-9-6-12-23(18(15)16-10-4-5-11-21-16)13-17(24)14-7-2-1-3-8-14/h1-8,10-12H,9,13,20H2,(H,22,25). The van der Waals surface area contributed by atoms with Crippen molar-refractivity contribution in [3.05, 3.63) is 83.8 Å². The van der Waals surface area contributed by atoms with Crippen LogP contribution in [0.1, 0.15) is 22.5 Å². The van der Waals surface area contributed by atoms with Gasteiger partial charge in [-0.3, -0.25) is 20.0 Å². The minimum Gasteiger partial charge on any atom is -0.338 e. The zero-order chi connectivity index (χ0) is 17.6. The van der Waals surface area contributed by atoms with E-state index in [4.69, 9.17) is 5.84 Å². The number of amides is 1. The highest BCUT2D eigenvalue weighted by atomic mass is 16.2. The second kappa shape index (κ2) is 7.55. The third kappa shape index (κ3) is 3.64. The number of nitrogens with zero attached hydrogens (tertiary/aromatic N) is 2. The van der Waals surface area contributed by atoms with Gasteiger partial charge in [-0.05, 0) is 18.6 Å². The number of nitrogens with two attached hydrogens (primary N) is 1. The molecule has 0 atom stereocenters. The number of aromatic nitrogens is 1. The Balaban J connectivity index is 1.97. The van der Waals surface area contributed by atoms with Crippen molar-refractivity contribution in [2.24, 2.45) is 5.84 Å². The molecule has 6 heteroatoms. The number of allylic oxidation sites excluding steroid dienone is 1. The van der Waals surface area contributed by atoms with Crippen LogP contribution >= 0.6 is 0 Å². The van der Waals surface area contributed by atoms with Gasteiger partial charge in [-0.2, -0.15) is 0 Å². The second-order valence-corrected chi connectivity index (χ2v) is 5.52. The number of Topliss-reactive ketones (excluding diaryl/α,β-unsaturated/α-hetero) is 1. The topological polar surface area (TPSA) is 88.3 Å². The van der Waals surface area contributed by atoms with Crippen molar-refractivity contribution < 1.29 is 9.59 Å². The average molecular weight is 334 g/mol. The van der Waals surface area contributed by atoms with Crippen molar-refractivity contribution in [2.75, 3.05) is 6.54 Å². The first-order chi connectivity index (χ1) is 12.2. The smallest absolute Gasteiger partial charge is 0.263 e. The molecule has 1 amide bonds. The van der Waals surface area contributed by atoms with E-state index in [1.807, 2.05) is 30.3 Å². The highest BCUT2D eigenvalue weighted by Crippen LogP contribution is 2.28. The van der Waals surface area contributed by atoms with Crippen LogP contribution < -0.4 is 11.3 Å². The maximum atomic E-state index is 12.6. The number of rotatable bonds is 5. The van der Waals surface area contributed by atoms with Crippen molar-refractivity contribution in [2.45, 2.75) is 6.42 Å². The van der Waals surface area contributed by atoms with Gasteiger partial charge in [-0.1, -0.05) is 42.5 Å². The molecular formula is C19H18N4O2. The zero-order valence-electron chi connectivity index (χ0n) is 13.6. The van der Waals surface area contributed by atoms with Crippen molar-refractivity contribution in [3.63, 3.8) is 0 Å². The summed E-state index contributed by atoms with van der Waals surface area (Å²) in [5.74, 6) is 4.88. The van der Waals surface area contributed by atoms with Crippen LogP contribution in [-0.2, 0) is 4.79 Å². The van der Waals surface area contributed by atoms with Gasteiger partial charge in [0.15, 0.2) is 5.78 Å². The molecule has 0 radical (unpaired) electrons. The van der Waals surface area contributed by atoms with E-state index in [0.717, 1.165) is 0 Å². The quantitative estimate of drug-likeness (QED) is 0.377. The first-order valence-electron chi connectivity index (χ1n) is 7.87. The molecule has 0 saturated carbocycles. The molecule has 1 aromatic heterocycles. The molecule has 0 spiro atoms. The molecule has 0 bridgehead atoms. The van der Waals surface area contributed by atoms with E-state index in [1.54, 1.807) is 41.6 Å². The number of ketones is 1. The van der Waals surface area contributed by atoms with Gasteiger partial charge in [0.05, 0.1) is 17.9 Å². The lowest BCUT2D eigenvalue weighted by Crippen LogP contribution is -2.35. The summed E-state index contributed by atoms with van der Waals surface area (Å²) in [6.07, 6.45) is 5.70. The lowest BCUT2D eigenvalue weighted by molar-refractivity contribution is -0.117. The summed E-state index contributed by atoms with van der Waals surface area (Å²) in [4.78, 5) is 30.9. The van der Waals surface area contributed by atoms with Gasteiger partial charge in [-0.25, -0.2) is 5.84 Å². The highest BCUT2D eigenvalue weighted by Gasteiger charge is 2.25. The summed E-state index contributed by atoms with van der Waals surface area (Å²) < 4.78 is 0. The maximum Gasteiger partial charge on any atom is 0.263 e. The molecule has 1 aliphatic rings. The largest absolute Gasteiger partial charge is 0.338 e. The zero-order valence-corrected chi connectivity index (χ0v) is 13.6. The monoisotopic (exact) mass is 334 g/mol. The fraction of sp³-hybridized carbons (Fsp3) is 0.105. The lowest BCUT2D eigenvalue weighted by atomic mass is 10.0. The summed E-state index contributed by atoms with van der Waals surface area (Å²) in [7, 11) is 0. The Kier molecular flexibility index (Phi) is 5.01. The number of carbonyl (C=O) groups is 2. The molecule has 6 nitrogen and oxygen atoms in total. The van der Waals surface area contributed by atoms with Gasteiger partial charge >= 0.3 is 0 Å². The predicted octanol–water partition coefficient (Wildman–Crippen LogP) is 1.88. The van der Waals surface area contributed by atoms with Crippen LogP contribution in [-0.4, -0.2) is 28.1 Å². The molecule has 126 valence electrons. The molecule has 0 saturated heterocycles. The molecule has 2 aromatic rings. The number of nitrogens with one attached hydrogen (secondary N) is 1. The molecule has 1 aromatic carbocycles. The van der Waals surface area contributed by atoms with E-state index in [-0.39, 0.29) is 18.2 Å². The summed E-state index contributed by atoms with van der Waals surface area (Å²) in [6, 6.07) is 14.5. The Hall–Kier alpha value is -3.25. The number of benzene rings is 1. The highest BCUT2D eigenvalue weighted by molar-refractivity contribution is 6.03. The van der Waals surface area contributed by atoms with Gasteiger partial charge in [-0.15, -0.1) is 0 Å². The van der Waals surface area contributed by atoms with Gasteiger partial charge < -0.3 is 4.90 Å². The Bertz CT molecular complexity index is 829. The van der Waals surface area contributed by atoms with Crippen LogP contribution in [0.15, 0.2) is 72.6 Å². The summed E-state index contributed by atoms with van der Waals surface area (Å²) in [6.45, 7) is 0.105. The Morgan fingerprint density at radius 2 is 1.88 bits per heavy atom. The van der Waals surface area contributed by atoms with Crippen molar-refractivity contribution in [1.82, 2.24) is 15.3 Å². The van der Waals surface area contributed by atoms with Crippen LogP contribution in [0.5, 0.6) is 0 Å². The van der Waals surface area contributed by atoms with Crippen molar-refractivity contribution in [3.8, 4) is 0 Å². The van der Waals surface area contributed by atoms with Crippen LogP contribution in [0.4, 0.5) is 0 Å². The minimum atomic E-state index is -0.387. The summed E-state index contributed by atoms with van der Waals surface area (Å²) >= 11 is 0. The number of pyridine rings is 1. The van der Waals surface area contributed by atoms with E-state index in [1.165, 1.54) is 0 Å². The van der Waals surface area contributed by atoms with Crippen LogP contribution in [0.25, 0.3) is 5.70 Å². The number of hydrogen-bond donors (Lipinski definition) is 2. The average Bonchev–Trinajstić information content (AvgIpc) is 2.68. The third-order valence-electron chi connectivity index (χ3n) is 3.90. The SMILES string of the molecule is NNC(=O)C1=C(c2ccccn2)N(CC(=O)c2ccccc2)C=CC1. The Labute approximate surface area is 145 Å². The first kappa shape index (κ1) is 16.6. The second-order valence-electron chi connectivity index (χ2n) is 5.52. The van der Waals surface area contributed by atoms with Gasteiger partial charge in [0, 0.05) is 23.5 Å². The van der Waals surface area contributed by atoms with E-state index in [2.05, 4.69) is 10.4 Å².